The van der Waals surface area contributed by atoms with Crippen LogP contribution >= 0.6 is 11.8 Å². The molecule has 6 heteroatoms. The summed E-state index contributed by atoms with van der Waals surface area (Å²) in [5.41, 5.74) is 5.31. The molecule has 0 atom stereocenters. The lowest BCUT2D eigenvalue weighted by atomic mass is 10.5. The Hall–Kier alpha value is -0.620. The fourth-order valence-corrected chi connectivity index (χ4v) is 1.90. The summed E-state index contributed by atoms with van der Waals surface area (Å²) in [6.45, 7) is -1.86. The Labute approximate surface area is 85.7 Å². The van der Waals surface area contributed by atoms with E-state index < -0.39 is 6.55 Å². The van der Waals surface area contributed by atoms with E-state index in [9.17, 15) is 8.78 Å². The van der Waals surface area contributed by atoms with E-state index >= 15 is 0 Å². The predicted molar refractivity (Wildman–Crippen MR) is 53.3 cm³/mol. The monoisotopic (exact) mass is 221 g/mol. The summed E-state index contributed by atoms with van der Waals surface area (Å²) in [6, 6.07) is 0. The normalized spacial score (nSPS) is 11.1. The first-order valence-electron chi connectivity index (χ1n) is 4.33. The summed E-state index contributed by atoms with van der Waals surface area (Å²) in [4.78, 5) is 3.87. The SMILES string of the molecule is NCCCSCc1nccn1C(F)F. The van der Waals surface area contributed by atoms with E-state index in [2.05, 4.69) is 4.98 Å². The molecule has 1 rings (SSSR count). The fraction of sp³-hybridized carbons (Fsp3) is 0.625. The summed E-state index contributed by atoms with van der Waals surface area (Å²) < 4.78 is 25.5. The minimum atomic E-state index is -2.50. The average molecular weight is 221 g/mol. The van der Waals surface area contributed by atoms with Crippen molar-refractivity contribution in [2.24, 2.45) is 5.73 Å². The van der Waals surface area contributed by atoms with Crippen LogP contribution < -0.4 is 5.73 Å². The standard InChI is InChI=1S/C8H13F2N3S/c9-8(10)13-4-3-12-7(13)6-14-5-1-2-11/h3-4,8H,1-2,5-6,11H2. The van der Waals surface area contributed by atoms with Gasteiger partial charge in [-0.1, -0.05) is 0 Å². The third-order valence-electron chi connectivity index (χ3n) is 1.68. The molecule has 1 heterocycles. The van der Waals surface area contributed by atoms with Gasteiger partial charge in [0.15, 0.2) is 0 Å². The molecule has 1 aromatic rings. The van der Waals surface area contributed by atoms with Crippen LogP contribution in [0.3, 0.4) is 0 Å². The zero-order valence-corrected chi connectivity index (χ0v) is 8.51. The second-order valence-electron chi connectivity index (χ2n) is 2.72. The van der Waals surface area contributed by atoms with Crippen molar-refractivity contribution in [1.29, 1.82) is 0 Å². The van der Waals surface area contributed by atoms with Gasteiger partial charge in [0.05, 0.1) is 5.75 Å². The largest absolute Gasteiger partial charge is 0.330 e. The summed E-state index contributed by atoms with van der Waals surface area (Å²) in [5.74, 6) is 1.81. The fourth-order valence-electron chi connectivity index (χ4n) is 0.982. The first-order chi connectivity index (χ1) is 6.75. The van der Waals surface area contributed by atoms with Crippen molar-refractivity contribution in [3.63, 3.8) is 0 Å². The molecule has 0 aromatic carbocycles. The number of rotatable bonds is 6. The van der Waals surface area contributed by atoms with Crippen LogP contribution in [0, 0.1) is 0 Å². The third kappa shape index (κ3) is 3.26. The Bertz CT molecular complexity index is 265. The molecule has 0 spiro atoms. The van der Waals surface area contributed by atoms with Crippen molar-refractivity contribution in [2.45, 2.75) is 18.7 Å². The zero-order chi connectivity index (χ0) is 10.4. The number of imidazole rings is 1. The van der Waals surface area contributed by atoms with E-state index in [1.165, 1.54) is 12.4 Å². The van der Waals surface area contributed by atoms with Gasteiger partial charge in [-0.3, -0.25) is 4.57 Å². The molecular formula is C8H13F2N3S. The second-order valence-corrected chi connectivity index (χ2v) is 3.83. The number of alkyl halides is 2. The number of hydrogen-bond acceptors (Lipinski definition) is 3. The van der Waals surface area contributed by atoms with E-state index in [4.69, 9.17) is 5.73 Å². The zero-order valence-electron chi connectivity index (χ0n) is 7.70. The maximum absolute atomic E-state index is 12.3. The molecule has 0 unspecified atom stereocenters. The quantitative estimate of drug-likeness (QED) is 0.746. The van der Waals surface area contributed by atoms with Crippen LogP contribution in [-0.4, -0.2) is 21.8 Å². The van der Waals surface area contributed by atoms with E-state index in [1.807, 2.05) is 0 Å². The molecule has 14 heavy (non-hydrogen) atoms. The van der Waals surface area contributed by atoms with Crippen LogP contribution in [-0.2, 0) is 5.75 Å². The Kier molecular flexibility index (Phi) is 4.89. The summed E-state index contributed by atoms with van der Waals surface area (Å²) in [5, 5.41) is 0. The van der Waals surface area contributed by atoms with Gasteiger partial charge < -0.3 is 5.73 Å². The Balaban J connectivity index is 2.38. The highest BCUT2D eigenvalue weighted by atomic mass is 32.2. The summed E-state index contributed by atoms with van der Waals surface area (Å²) in [6.07, 6.45) is 3.59. The molecule has 0 aliphatic heterocycles. The predicted octanol–water partition coefficient (Wildman–Crippen LogP) is 1.86. The molecule has 0 bridgehead atoms. The number of aromatic nitrogens is 2. The van der Waals surface area contributed by atoms with Crippen molar-refractivity contribution in [3.8, 4) is 0 Å². The molecule has 3 nitrogen and oxygen atoms in total. The van der Waals surface area contributed by atoms with Crippen molar-refractivity contribution < 1.29 is 8.78 Å². The lowest BCUT2D eigenvalue weighted by Gasteiger charge is -2.05. The molecule has 0 fully saturated rings. The van der Waals surface area contributed by atoms with Crippen LogP contribution in [0.1, 0.15) is 18.8 Å². The molecule has 0 aliphatic carbocycles. The van der Waals surface area contributed by atoms with Gasteiger partial charge in [-0.2, -0.15) is 20.5 Å². The van der Waals surface area contributed by atoms with Gasteiger partial charge in [0.2, 0.25) is 0 Å². The number of nitrogens with zero attached hydrogens (tertiary/aromatic N) is 2. The molecular weight excluding hydrogens is 208 g/mol. The van der Waals surface area contributed by atoms with Crippen molar-refractivity contribution in [3.05, 3.63) is 18.2 Å². The van der Waals surface area contributed by atoms with Crippen molar-refractivity contribution >= 4 is 11.8 Å². The Morgan fingerprint density at radius 2 is 2.36 bits per heavy atom. The van der Waals surface area contributed by atoms with Crippen molar-refractivity contribution in [1.82, 2.24) is 9.55 Å². The van der Waals surface area contributed by atoms with Crippen LogP contribution in [0.25, 0.3) is 0 Å². The first-order valence-corrected chi connectivity index (χ1v) is 5.49. The van der Waals surface area contributed by atoms with Gasteiger partial charge >= 0.3 is 6.55 Å². The Morgan fingerprint density at radius 1 is 1.57 bits per heavy atom. The molecule has 2 N–H and O–H groups in total. The van der Waals surface area contributed by atoms with E-state index in [0.717, 1.165) is 16.7 Å². The molecule has 0 aliphatic rings. The third-order valence-corrected chi connectivity index (χ3v) is 2.72. The highest BCUT2D eigenvalue weighted by molar-refractivity contribution is 7.98. The number of halogens is 2. The lowest BCUT2D eigenvalue weighted by Crippen LogP contribution is -2.03. The average Bonchev–Trinajstić information content (AvgIpc) is 2.60. The minimum Gasteiger partial charge on any atom is -0.330 e. The van der Waals surface area contributed by atoms with Gasteiger partial charge in [-0.25, -0.2) is 4.98 Å². The number of hydrogen-bond donors (Lipinski definition) is 1. The topological polar surface area (TPSA) is 43.8 Å². The first kappa shape index (κ1) is 11.5. The van der Waals surface area contributed by atoms with Crippen LogP contribution in [0.4, 0.5) is 8.78 Å². The highest BCUT2D eigenvalue weighted by Crippen LogP contribution is 2.17. The molecule has 0 radical (unpaired) electrons. The molecule has 1 aromatic heterocycles. The van der Waals surface area contributed by atoms with Gasteiger partial charge in [-0.15, -0.1) is 0 Å². The minimum absolute atomic E-state index is 0.419. The lowest BCUT2D eigenvalue weighted by molar-refractivity contribution is 0.0678. The molecule has 80 valence electrons. The number of thioether (sulfide) groups is 1. The summed E-state index contributed by atoms with van der Waals surface area (Å²) in [7, 11) is 0. The Morgan fingerprint density at radius 3 is 3.00 bits per heavy atom. The van der Waals surface area contributed by atoms with Gasteiger partial charge in [-0.05, 0) is 18.7 Å². The molecule has 0 amide bonds. The highest BCUT2D eigenvalue weighted by Gasteiger charge is 2.10. The second kappa shape index (κ2) is 5.98. The van der Waals surface area contributed by atoms with Crippen LogP contribution in [0.15, 0.2) is 12.4 Å². The van der Waals surface area contributed by atoms with Crippen LogP contribution in [0.5, 0.6) is 0 Å². The maximum Gasteiger partial charge on any atom is 0.319 e. The van der Waals surface area contributed by atoms with E-state index in [-0.39, 0.29) is 0 Å². The van der Waals surface area contributed by atoms with E-state index in [0.29, 0.717) is 18.1 Å². The molecule has 0 saturated carbocycles. The summed E-state index contributed by atoms with van der Waals surface area (Å²) >= 11 is 1.57. The van der Waals surface area contributed by atoms with Crippen molar-refractivity contribution in [2.75, 3.05) is 12.3 Å². The van der Waals surface area contributed by atoms with Gasteiger partial charge in [0.1, 0.15) is 5.82 Å². The molecule has 0 saturated heterocycles. The van der Waals surface area contributed by atoms with Gasteiger partial charge in [0, 0.05) is 12.4 Å². The van der Waals surface area contributed by atoms with Gasteiger partial charge in [0.25, 0.3) is 0 Å². The smallest absolute Gasteiger partial charge is 0.319 e. The number of nitrogens with two attached hydrogens (primary N) is 1. The van der Waals surface area contributed by atoms with E-state index in [1.54, 1.807) is 11.8 Å². The maximum atomic E-state index is 12.3. The van der Waals surface area contributed by atoms with Crippen LogP contribution in [0.2, 0.25) is 0 Å².